The molecule has 0 aromatic heterocycles. The Morgan fingerprint density at radius 1 is 1.00 bits per heavy atom. The summed E-state index contributed by atoms with van der Waals surface area (Å²) in [5.41, 5.74) is 0.530. The SMILES string of the molecule is CCOC(=O)COc1ccc2c(c1O)C(=O)c1ccccc1C2=O. The molecule has 0 amide bonds. The molecule has 0 saturated heterocycles. The van der Waals surface area contributed by atoms with E-state index >= 15 is 0 Å². The predicted molar refractivity (Wildman–Crippen MR) is 83.5 cm³/mol. The fourth-order valence-electron chi connectivity index (χ4n) is 2.61. The second-order valence-electron chi connectivity index (χ2n) is 5.13. The molecule has 122 valence electrons. The van der Waals surface area contributed by atoms with Crippen molar-refractivity contribution in [3.8, 4) is 11.5 Å². The number of rotatable bonds is 4. The highest BCUT2D eigenvalue weighted by Gasteiger charge is 2.33. The van der Waals surface area contributed by atoms with E-state index in [1.54, 1.807) is 25.1 Å². The molecule has 0 unspecified atom stereocenters. The van der Waals surface area contributed by atoms with Gasteiger partial charge in [0, 0.05) is 16.7 Å². The predicted octanol–water partition coefficient (Wildman–Crippen LogP) is 2.11. The summed E-state index contributed by atoms with van der Waals surface area (Å²) in [6.45, 7) is 1.47. The first-order valence-electron chi connectivity index (χ1n) is 7.37. The van der Waals surface area contributed by atoms with Gasteiger partial charge in [0.2, 0.25) is 0 Å². The lowest BCUT2D eigenvalue weighted by Gasteiger charge is -2.19. The molecule has 0 atom stereocenters. The molecule has 6 nitrogen and oxygen atoms in total. The van der Waals surface area contributed by atoms with Gasteiger partial charge in [0.1, 0.15) is 0 Å². The third-order valence-corrected chi connectivity index (χ3v) is 3.68. The van der Waals surface area contributed by atoms with Crippen LogP contribution in [0.2, 0.25) is 0 Å². The minimum Gasteiger partial charge on any atom is -0.504 e. The number of ketones is 2. The van der Waals surface area contributed by atoms with Crippen molar-refractivity contribution in [1.29, 1.82) is 0 Å². The van der Waals surface area contributed by atoms with E-state index < -0.39 is 24.1 Å². The maximum atomic E-state index is 12.6. The number of fused-ring (bicyclic) bond motifs is 2. The number of phenolic OH excluding ortho intramolecular Hbond substituents is 1. The molecule has 24 heavy (non-hydrogen) atoms. The molecule has 0 saturated carbocycles. The molecule has 2 aromatic carbocycles. The third kappa shape index (κ3) is 2.52. The highest BCUT2D eigenvalue weighted by molar-refractivity contribution is 6.29. The van der Waals surface area contributed by atoms with Crippen LogP contribution in [-0.2, 0) is 9.53 Å². The van der Waals surface area contributed by atoms with Crippen molar-refractivity contribution < 1.29 is 29.0 Å². The van der Waals surface area contributed by atoms with Crippen LogP contribution in [0, 0.1) is 0 Å². The van der Waals surface area contributed by atoms with Crippen molar-refractivity contribution in [2.24, 2.45) is 0 Å². The molecule has 0 radical (unpaired) electrons. The first-order chi connectivity index (χ1) is 11.5. The van der Waals surface area contributed by atoms with Crippen LogP contribution in [-0.4, -0.2) is 35.9 Å². The summed E-state index contributed by atoms with van der Waals surface area (Å²) in [5.74, 6) is -1.90. The van der Waals surface area contributed by atoms with E-state index in [0.29, 0.717) is 5.56 Å². The zero-order chi connectivity index (χ0) is 17.3. The van der Waals surface area contributed by atoms with Gasteiger partial charge in [-0.2, -0.15) is 0 Å². The third-order valence-electron chi connectivity index (χ3n) is 3.68. The van der Waals surface area contributed by atoms with E-state index in [-0.39, 0.29) is 34.8 Å². The van der Waals surface area contributed by atoms with Crippen molar-refractivity contribution in [2.75, 3.05) is 13.2 Å². The van der Waals surface area contributed by atoms with Crippen LogP contribution in [0.1, 0.15) is 38.8 Å². The summed E-state index contributed by atoms with van der Waals surface area (Å²) in [6, 6.07) is 9.18. The number of aromatic hydroxyl groups is 1. The quantitative estimate of drug-likeness (QED) is 0.739. The summed E-state index contributed by atoms with van der Waals surface area (Å²) >= 11 is 0. The molecule has 1 N–H and O–H groups in total. The van der Waals surface area contributed by atoms with Crippen molar-refractivity contribution in [2.45, 2.75) is 6.92 Å². The Balaban J connectivity index is 1.98. The van der Waals surface area contributed by atoms with Crippen LogP contribution < -0.4 is 4.74 Å². The monoisotopic (exact) mass is 326 g/mol. The smallest absolute Gasteiger partial charge is 0.344 e. The van der Waals surface area contributed by atoms with Gasteiger partial charge in [0.25, 0.3) is 0 Å². The summed E-state index contributed by atoms with van der Waals surface area (Å²) in [6.07, 6.45) is 0. The minimum absolute atomic E-state index is 0.0534. The summed E-state index contributed by atoms with van der Waals surface area (Å²) in [4.78, 5) is 36.4. The number of phenols is 1. The van der Waals surface area contributed by atoms with Crippen LogP contribution in [0.15, 0.2) is 36.4 Å². The van der Waals surface area contributed by atoms with E-state index in [1.807, 2.05) is 0 Å². The molecule has 0 aliphatic heterocycles. The largest absolute Gasteiger partial charge is 0.504 e. The van der Waals surface area contributed by atoms with Gasteiger partial charge in [-0.05, 0) is 19.1 Å². The number of hydrogen-bond donors (Lipinski definition) is 1. The number of esters is 1. The van der Waals surface area contributed by atoms with Crippen LogP contribution >= 0.6 is 0 Å². The fraction of sp³-hybridized carbons (Fsp3) is 0.167. The molecular formula is C18H14O6. The Kier molecular flexibility index (Phi) is 4.04. The Bertz CT molecular complexity index is 853. The van der Waals surface area contributed by atoms with E-state index in [9.17, 15) is 19.5 Å². The maximum Gasteiger partial charge on any atom is 0.344 e. The summed E-state index contributed by atoms with van der Waals surface area (Å²) < 4.78 is 9.93. The van der Waals surface area contributed by atoms with Crippen LogP contribution in [0.4, 0.5) is 0 Å². The Morgan fingerprint density at radius 2 is 1.67 bits per heavy atom. The number of hydrogen-bond acceptors (Lipinski definition) is 6. The van der Waals surface area contributed by atoms with E-state index in [0.717, 1.165) is 0 Å². The van der Waals surface area contributed by atoms with Gasteiger partial charge in [0.15, 0.2) is 29.7 Å². The van der Waals surface area contributed by atoms with Gasteiger partial charge in [-0.3, -0.25) is 9.59 Å². The van der Waals surface area contributed by atoms with Crippen molar-refractivity contribution >= 4 is 17.5 Å². The first kappa shape index (κ1) is 15.7. The molecular weight excluding hydrogens is 312 g/mol. The van der Waals surface area contributed by atoms with Crippen LogP contribution in [0.3, 0.4) is 0 Å². The molecule has 0 heterocycles. The average molecular weight is 326 g/mol. The summed E-state index contributed by atoms with van der Waals surface area (Å²) in [7, 11) is 0. The van der Waals surface area contributed by atoms with E-state index in [2.05, 4.69) is 0 Å². The second-order valence-corrected chi connectivity index (χ2v) is 5.13. The normalized spacial score (nSPS) is 12.4. The highest BCUT2D eigenvalue weighted by Crippen LogP contribution is 2.38. The minimum atomic E-state index is -0.595. The van der Waals surface area contributed by atoms with Gasteiger partial charge < -0.3 is 14.6 Å². The highest BCUT2D eigenvalue weighted by atomic mass is 16.6. The Labute approximate surface area is 137 Å². The van der Waals surface area contributed by atoms with Gasteiger partial charge in [-0.1, -0.05) is 24.3 Å². The molecule has 0 spiro atoms. The molecule has 6 heteroatoms. The Morgan fingerprint density at radius 3 is 2.33 bits per heavy atom. The molecule has 1 aliphatic rings. The Hall–Kier alpha value is -3.15. The molecule has 0 bridgehead atoms. The zero-order valence-electron chi connectivity index (χ0n) is 12.9. The molecule has 2 aromatic rings. The molecule has 0 fully saturated rings. The number of ether oxygens (including phenoxy) is 2. The lowest BCUT2D eigenvalue weighted by Crippen LogP contribution is -2.21. The molecule has 3 rings (SSSR count). The van der Waals surface area contributed by atoms with Crippen molar-refractivity contribution in [3.05, 3.63) is 58.7 Å². The fourth-order valence-corrected chi connectivity index (χ4v) is 2.61. The van der Waals surface area contributed by atoms with Crippen molar-refractivity contribution in [1.82, 2.24) is 0 Å². The van der Waals surface area contributed by atoms with Crippen LogP contribution in [0.5, 0.6) is 11.5 Å². The van der Waals surface area contributed by atoms with Gasteiger partial charge in [-0.15, -0.1) is 0 Å². The van der Waals surface area contributed by atoms with E-state index in [1.165, 1.54) is 18.2 Å². The lowest BCUT2D eigenvalue weighted by molar-refractivity contribution is -0.145. The number of carbonyl (C=O) groups excluding carboxylic acids is 3. The summed E-state index contributed by atoms with van der Waals surface area (Å²) in [5, 5.41) is 10.3. The average Bonchev–Trinajstić information content (AvgIpc) is 2.59. The maximum absolute atomic E-state index is 12.6. The van der Waals surface area contributed by atoms with Gasteiger partial charge in [0.05, 0.1) is 12.2 Å². The topological polar surface area (TPSA) is 89.9 Å². The first-order valence-corrected chi connectivity index (χ1v) is 7.37. The zero-order valence-corrected chi connectivity index (χ0v) is 12.9. The van der Waals surface area contributed by atoms with Crippen LogP contribution in [0.25, 0.3) is 0 Å². The van der Waals surface area contributed by atoms with Gasteiger partial charge >= 0.3 is 5.97 Å². The van der Waals surface area contributed by atoms with Gasteiger partial charge in [-0.25, -0.2) is 4.79 Å². The number of benzene rings is 2. The lowest BCUT2D eigenvalue weighted by atomic mass is 9.83. The molecule has 1 aliphatic carbocycles. The standard InChI is InChI=1S/C18H14O6/c1-2-23-14(19)9-24-13-8-7-12-15(18(13)22)17(21)11-6-4-3-5-10(11)16(12)20/h3-8,22H,2,9H2,1H3. The van der Waals surface area contributed by atoms with Crippen molar-refractivity contribution in [3.63, 3.8) is 0 Å². The number of carbonyl (C=O) groups is 3. The van der Waals surface area contributed by atoms with E-state index in [4.69, 9.17) is 9.47 Å². The second kappa shape index (κ2) is 6.16.